The van der Waals surface area contributed by atoms with E-state index in [1.807, 2.05) is 19.2 Å². The van der Waals surface area contributed by atoms with E-state index in [2.05, 4.69) is 4.98 Å². The number of aromatic amines is 1. The van der Waals surface area contributed by atoms with Crippen LogP contribution < -0.4 is 0 Å². The molecule has 21 heavy (non-hydrogen) atoms. The Morgan fingerprint density at radius 2 is 2.24 bits per heavy atom. The van der Waals surface area contributed by atoms with Gasteiger partial charge in [-0.3, -0.25) is 0 Å². The Morgan fingerprint density at radius 1 is 1.48 bits per heavy atom. The first-order valence-corrected chi connectivity index (χ1v) is 7.24. The summed E-state index contributed by atoms with van der Waals surface area (Å²) in [6.45, 7) is 4.27. The second-order valence-electron chi connectivity index (χ2n) is 5.89. The van der Waals surface area contributed by atoms with Crippen molar-refractivity contribution in [3.63, 3.8) is 0 Å². The number of halogens is 1. The fourth-order valence-corrected chi connectivity index (χ4v) is 3.42. The highest BCUT2D eigenvalue weighted by molar-refractivity contribution is 5.86. The lowest BCUT2D eigenvalue weighted by Gasteiger charge is -2.35. The van der Waals surface area contributed by atoms with Gasteiger partial charge in [0.15, 0.2) is 0 Å². The number of piperidine rings is 1. The topological polar surface area (TPSA) is 56.3 Å². The van der Waals surface area contributed by atoms with Gasteiger partial charge in [-0.2, -0.15) is 0 Å². The van der Waals surface area contributed by atoms with Gasteiger partial charge in [0.2, 0.25) is 0 Å². The van der Waals surface area contributed by atoms with E-state index in [0.29, 0.717) is 18.0 Å². The van der Waals surface area contributed by atoms with Crippen LogP contribution in [-0.4, -0.2) is 33.7 Å². The number of aromatic nitrogens is 1. The number of nitrogens with zero attached hydrogens (tertiary/aromatic N) is 1. The molecule has 0 bridgehead atoms. The summed E-state index contributed by atoms with van der Waals surface area (Å²) >= 11 is 0. The normalized spacial score (nSPS) is 22.7. The van der Waals surface area contributed by atoms with Crippen LogP contribution in [0.15, 0.2) is 18.3 Å². The van der Waals surface area contributed by atoms with Crippen LogP contribution in [0.3, 0.4) is 0 Å². The number of rotatable bonds is 1. The van der Waals surface area contributed by atoms with Crippen LogP contribution in [0.1, 0.15) is 36.8 Å². The first kappa shape index (κ1) is 13.9. The molecule has 2 N–H and O–H groups in total. The Bertz CT molecular complexity index is 695. The summed E-state index contributed by atoms with van der Waals surface area (Å²) in [5.74, 6) is 0.110. The van der Waals surface area contributed by atoms with Crippen molar-refractivity contribution in [2.75, 3.05) is 6.54 Å². The molecule has 0 saturated carbocycles. The van der Waals surface area contributed by atoms with Crippen LogP contribution in [0.4, 0.5) is 9.18 Å². The Balaban J connectivity index is 1.92. The molecular formula is C16H19FN2O2. The van der Waals surface area contributed by atoms with E-state index in [1.54, 1.807) is 6.92 Å². The zero-order valence-electron chi connectivity index (χ0n) is 12.2. The fraction of sp³-hybridized carbons (Fsp3) is 0.438. The van der Waals surface area contributed by atoms with Gasteiger partial charge in [-0.1, -0.05) is 0 Å². The molecule has 1 fully saturated rings. The molecule has 1 amide bonds. The van der Waals surface area contributed by atoms with Gasteiger partial charge in [0.25, 0.3) is 0 Å². The number of carbonyl (C=O) groups is 1. The van der Waals surface area contributed by atoms with Crippen molar-refractivity contribution in [2.45, 2.75) is 38.6 Å². The van der Waals surface area contributed by atoms with Gasteiger partial charge < -0.3 is 15.0 Å². The molecule has 1 aromatic heterocycles. The highest BCUT2D eigenvalue weighted by Crippen LogP contribution is 2.36. The monoisotopic (exact) mass is 290 g/mol. The summed E-state index contributed by atoms with van der Waals surface area (Å²) in [6, 6.07) is 3.33. The van der Waals surface area contributed by atoms with Gasteiger partial charge in [0.1, 0.15) is 5.82 Å². The second-order valence-corrected chi connectivity index (χ2v) is 5.89. The number of carboxylic acid groups (broad SMARTS) is 1. The Morgan fingerprint density at radius 3 is 2.90 bits per heavy atom. The van der Waals surface area contributed by atoms with Crippen LogP contribution in [0.5, 0.6) is 0 Å². The van der Waals surface area contributed by atoms with Crippen molar-refractivity contribution >= 4 is 17.0 Å². The SMILES string of the molecule is Cc1c(F)ccc2c([C@@H]3CCN(C(=O)O)[C@@H](C)C3)c[nH]c12. The van der Waals surface area contributed by atoms with Gasteiger partial charge in [-0.25, -0.2) is 9.18 Å². The molecule has 3 rings (SSSR count). The molecule has 1 aliphatic rings. The molecule has 5 heteroatoms. The number of nitrogens with one attached hydrogen (secondary N) is 1. The largest absolute Gasteiger partial charge is 0.465 e. The first-order valence-electron chi connectivity index (χ1n) is 7.24. The minimum atomic E-state index is -0.849. The number of hydrogen-bond donors (Lipinski definition) is 2. The maximum Gasteiger partial charge on any atom is 0.407 e. The van der Waals surface area contributed by atoms with E-state index in [9.17, 15) is 9.18 Å². The van der Waals surface area contributed by atoms with Crippen molar-refractivity contribution in [3.8, 4) is 0 Å². The van der Waals surface area contributed by atoms with Crippen LogP contribution in [-0.2, 0) is 0 Å². The zero-order chi connectivity index (χ0) is 15.1. The number of H-pyrrole nitrogens is 1. The standard InChI is InChI=1S/C16H19FN2O2/c1-9-7-11(5-6-19(9)16(20)21)13-8-18-15-10(2)14(17)4-3-12(13)15/h3-4,8-9,11,18H,5-7H2,1-2H3,(H,20,21)/t9-,11+/m0/s1. The van der Waals surface area contributed by atoms with Gasteiger partial charge in [0.05, 0.1) is 5.52 Å². The number of aryl methyl sites for hydroxylation is 1. The summed E-state index contributed by atoms with van der Waals surface area (Å²) in [5.41, 5.74) is 2.65. The summed E-state index contributed by atoms with van der Waals surface area (Å²) in [4.78, 5) is 15.8. The predicted octanol–water partition coefficient (Wildman–Crippen LogP) is 3.86. The lowest BCUT2D eigenvalue weighted by molar-refractivity contribution is 0.107. The van der Waals surface area contributed by atoms with Crippen molar-refractivity contribution in [1.29, 1.82) is 0 Å². The van der Waals surface area contributed by atoms with Crippen molar-refractivity contribution in [1.82, 2.24) is 9.88 Å². The number of benzene rings is 1. The third-order valence-corrected chi connectivity index (χ3v) is 4.64. The summed E-state index contributed by atoms with van der Waals surface area (Å²) in [7, 11) is 0. The van der Waals surface area contributed by atoms with Crippen molar-refractivity contribution in [3.05, 3.63) is 35.3 Å². The van der Waals surface area contributed by atoms with Gasteiger partial charge in [-0.15, -0.1) is 0 Å². The van der Waals surface area contributed by atoms with Crippen molar-refractivity contribution in [2.24, 2.45) is 0 Å². The summed E-state index contributed by atoms with van der Waals surface area (Å²) in [6.07, 6.45) is 2.71. The molecular weight excluding hydrogens is 271 g/mol. The molecule has 2 atom stereocenters. The Hall–Kier alpha value is -2.04. The lowest BCUT2D eigenvalue weighted by atomic mass is 9.85. The van der Waals surface area contributed by atoms with E-state index >= 15 is 0 Å². The van der Waals surface area contributed by atoms with Crippen molar-refractivity contribution < 1.29 is 14.3 Å². The summed E-state index contributed by atoms with van der Waals surface area (Å²) < 4.78 is 13.6. The molecule has 4 nitrogen and oxygen atoms in total. The predicted molar refractivity (Wildman–Crippen MR) is 79.2 cm³/mol. The van der Waals surface area contributed by atoms with Gasteiger partial charge in [0, 0.05) is 29.7 Å². The number of fused-ring (bicyclic) bond motifs is 1. The number of amides is 1. The zero-order valence-corrected chi connectivity index (χ0v) is 12.2. The average Bonchev–Trinajstić information content (AvgIpc) is 2.87. The van der Waals surface area contributed by atoms with Gasteiger partial charge in [-0.05, 0) is 50.3 Å². The quantitative estimate of drug-likeness (QED) is 0.838. The molecule has 0 aliphatic carbocycles. The minimum absolute atomic E-state index is 0.00717. The van der Waals surface area contributed by atoms with E-state index in [4.69, 9.17) is 5.11 Å². The molecule has 2 heterocycles. The molecule has 0 spiro atoms. The van der Waals surface area contributed by atoms with E-state index in [-0.39, 0.29) is 11.9 Å². The molecule has 1 aliphatic heterocycles. The van der Waals surface area contributed by atoms with Crippen LogP contribution >= 0.6 is 0 Å². The van der Waals surface area contributed by atoms with Crippen LogP contribution in [0.2, 0.25) is 0 Å². The second kappa shape index (κ2) is 5.06. The molecule has 1 aromatic carbocycles. The third kappa shape index (κ3) is 2.26. The Labute approximate surface area is 122 Å². The first-order chi connectivity index (χ1) is 9.99. The number of hydrogen-bond acceptors (Lipinski definition) is 1. The lowest BCUT2D eigenvalue weighted by Crippen LogP contribution is -2.43. The Kier molecular flexibility index (Phi) is 3.35. The smallest absolute Gasteiger partial charge is 0.407 e. The van der Waals surface area contributed by atoms with Crippen LogP contribution in [0, 0.1) is 12.7 Å². The highest BCUT2D eigenvalue weighted by Gasteiger charge is 2.30. The van der Waals surface area contributed by atoms with E-state index in [1.165, 1.54) is 16.5 Å². The molecule has 0 unspecified atom stereocenters. The molecule has 1 saturated heterocycles. The van der Waals surface area contributed by atoms with E-state index in [0.717, 1.165) is 23.7 Å². The highest BCUT2D eigenvalue weighted by atomic mass is 19.1. The fourth-order valence-electron chi connectivity index (χ4n) is 3.42. The average molecular weight is 290 g/mol. The van der Waals surface area contributed by atoms with Crippen LogP contribution in [0.25, 0.3) is 10.9 Å². The maximum absolute atomic E-state index is 13.6. The molecule has 112 valence electrons. The molecule has 2 aromatic rings. The maximum atomic E-state index is 13.6. The van der Waals surface area contributed by atoms with Gasteiger partial charge >= 0.3 is 6.09 Å². The number of likely N-dealkylation sites (tertiary alicyclic amines) is 1. The minimum Gasteiger partial charge on any atom is -0.465 e. The third-order valence-electron chi connectivity index (χ3n) is 4.64. The van der Waals surface area contributed by atoms with E-state index < -0.39 is 6.09 Å². The summed E-state index contributed by atoms with van der Waals surface area (Å²) in [5, 5.41) is 10.2. The molecule has 0 radical (unpaired) electrons.